The Morgan fingerprint density at radius 3 is 2.75 bits per heavy atom. The minimum absolute atomic E-state index is 0.309. The molecule has 0 aliphatic carbocycles. The second kappa shape index (κ2) is 11.0. The van der Waals surface area contributed by atoms with Gasteiger partial charge in [-0.25, -0.2) is 14.4 Å². The highest BCUT2D eigenvalue weighted by Crippen LogP contribution is 2.27. The van der Waals surface area contributed by atoms with E-state index in [0.717, 1.165) is 79.2 Å². The molecular formula is C24H28ClFN6. The number of rotatable bonds is 7. The normalized spacial score (nSPS) is 15.2. The smallest absolute Gasteiger partial charge is 0.159 e. The molecule has 0 spiro atoms. The summed E-state index contributed by atoms with van der Waals surface area (Å²) in [5.41, 5.74) is 3.71. The minimum atomic E-state index is -0.544. The molecule has 0 saturated carbocycles. The molecule has 0 N–H and O–H groups in total. The molecule has 3 rings (SSSR count). The molecule has 1 aliphatic rings. The first-order valence-corrected chi connectivity index (χ1v) is 10.9. The third kappa shape index (κ3) is 6.23. The van der Waals surface area contributed by atoms with Crippen molar-refractivity contribution in [2.45, 2.75) is 26.8 Å². The molecule has 0 amide bonds. The Hall–Kier alpha value is -3.06. The fourth-order valence-electron chi connectivity index (χ4n) is 3.75. The molecule has 1 fully saturated rings. The highest BCUT2D eigenvalue weighted by atomic mass is 35.5. The number of aliphatic imine (C=N–C) groups is 2. The molecule has 0 unspecified atom stereocenters. The minimum Gasteiger partial charge on any atom is -0.370 e. The van der Waals surface area contributed by atoms with Crippen molar-refractivity contribution in [3.8, 4) is 0 Å². The number of halogens is 2. The quantitative estimate of drug-likeness (QED) is 0.551. The maximum atomic E-state index is 13.5. The van der Waals surface area contributed by atoms with Crippen LogP contribution in [0.15, 0.2) is 52.9 Å². The zero-order valence-corrected chi connectivity index (χ0v) is 19.3. The van der Waals surface area contributed by atoms with Crippen LogP contribution in [-0.2, 0) is 6.54 Å². The molecule has 6 nitrogen and oxygen atoms in total. The molecule has 0 radical (unpaired) electrons. The second-order valence-electron chi connectivity index (χ2n) is 7.66. The van der Waals surface area contributed by atoms with Gasteiger partial charge in [-0.3, -0.25) is 9.98 Å². The summed E-state index contributed by atoms with van der Waals surface area (Å²) in [5.74, 6) is 1.20. The SMILES string of the molecule is C=N/C=C(F)\C=N/Cc1ccc(Cl)cc1C(=C)N1CCCN(c2cc(C)nc(C)n2)CC1. The topological polar surface area (TPSA) is 57.0 Å². The molecule has 168 valence electrons. The third-order valence-electron chi connectivity index (χ3n) is 5.23. The van der Waals surface area contributed by atoms with Gasteiger partial charge >= 0.3 is 0 Å². The van der Waals surface area contributed by atoms with Gasteiger partial charge in [0.05, 0.1) is 19.0 Å². The number of aromatic nitrogens is 2. The van der Waals surface area contributed by atoms with Crippen LogP contribution in [0.25, 0.3) is 5.70 Å². The van der Waals surface area contributed by atoms with E-state index in [9.17, 15) is 4.39 Å². The zero-order valence-electron chi connectivity index (χ0n) is 18.6. The van der Waals surface area contributed by atoms with Crippen LogP contribution in [0.4, 0.5) is 10.2 Å². The Morgan fingerprint density at radius 2 is 2.00 bits per heavy atom. The van der Waals surface area contributed by atoms with Crippen molar-refractivity contribution in [3.63, 3.8) is 0 Å². The Labute approximate surface area is 193 Å². The lowest BCUT2D eigenvalue weighted by molar-refractivity contribution is 0.426. The second-order valence-corrected chi connectivity index (χ2v) is 8.09. The van der Waals surface area contributed by atoms with Crippen molar-refractivity contribution in [2.24, 2.45) is 9.98 Å². The summed E-state index contributed by atoms with van der Waals surface area (Å²) >= 11 is 6.28. The van der Waals surface area contributed by atoms with Gasteiger partial charge in [-0.1, -0.05) is 24.2 Å². The third-order valence-corrected chi connectivity index (χ3v) is 5.46. The van der Waals surface area contributed by atoms with Crippen LogP contribution in [0.2, 0.25) is 5.02 Å². The van der Waals surface area contributed by atoms with E-state index in [1.54, 1.807) is 0 Å². The van der Waals surface area contributed by atoms with E-state index < -0.39 is 5.83 Å². The van der Waals surface area contributed by atoms with Crippen molar-refractivity contribution in [1.82, 2.24) is 14.9 Å². The van der Waals surface area contributed by atoms with Gasteiger partial charge in [0.25, 0.3) is 0 Å². The molecule has 0 atom stereocenters. The summed E-state index contributed by atoms with van der Waals surface area (Å²) in [5, 5.41) is 0.624. The molecule has 1 aromatic heterocycles. The molecule has 1 saturated heterocycles. The first-order valence-electron chi connectivity index (χ1n) is 10.5. The zero-order chi connectivity index (χ0) is 23.1. The molecule has 8 heteroatoms. The van der Waals surface area contributed by atoms with Crippen LogP contribution < -0.4 is 4.90 Å². The van der Waals surface area contributed by atoms with Crippen LogP contribution >= 0.6 is 11.6 Å². The van der Waals surface area contributed by atoms with Crippen molar-refractivity contribution in [3.05, 3.63) is 70.5 Å². The summed E-state index contributed by atoms with van der Waals surface area (Å²) in [4.78, 5) is 21.1. The van der Waals surface area contributed by atoms with Gasteiger partial charge < -0.3 is 9.80 Å². The fourth-order valence-corrected chi connectivity index (χ4v) is 3.93. The van der Waals surface area contributed by atoms with E-state index in [2.05, 4.69) is 43.0 Å². The van der Waals surface area contributed by atoms with E-state index >= 15 is 0 Å². The van der Waals surface area contributed by atoms with Crippen LogP contribution in [0, 0.1) is 13.8 Å². The molecule has 0 bridgehead atoms. The molecule has 2 aromatic rings. The Kier molecular flexibility index (Phi) is 8.11. The van der Waals surface area contributed by atoms with Gasteiger partial charge in [-0.15, -0.1) is 0 Å². The average Bonchev–Trinajstić information content (AvgIpc) is 3.00. The van der Waals surface area contributed by atoms with Gasteiger partial charge in [0.1, 0.15) is 11.6 Å². The summed E-state index contributed by atoms with van der Waals surface area (Å²) in [7, 11) is 0. The summed E-state index contributed by atoms with van der Waals surface area (Å²) in [6, 6.07) is 7.64. The lowest BCUT2D eigenvalue weighted by Gasteiger charge is -2.27. The number of anilines is 1. The van der Waals surface area contributed by atoms with E-state index in [0.29, 0.717) is 11.6 Å². The van der Waals surface area contributed by atoms with Crippen molar-refractivity contribution >= 4 is 36.0 Å². The van der Waals surface area contributed by atoms with Crippen molar-refractivity contribution < 1.29 is 4.39 Å². The standard InChI is InChI=1S/C24H28ClFN6/c1-17-12-24(30-19(3)29-17)32-9-5-8-31(10-11-32)18(2)23-13-21(25)7-6-20(23)14-28-16-22(26)15-27-4/h6-7,12-13,15-16H,2,4-5,8-11,14H2,1,3H3/b22-15+,28-16-. The van der Waals surface area contributed by atoms with Crippen LogP contribution in [0.1, 0.15) is 29.1 Å². The largest absolute Gasteiger partial charge is 0.370 e. The Balaban J connectivity index is 1.75. The molecule has 32 heavy (non-hydrogen) atoms. The van der Waals surface area contributed by atoms with Gasteiger partial charge in [0.15, 0.2) is 5.83 Å². The number of nitrogens with zero attached hydrogens (tertiary/aromatic N) is 6. The van der Waals surface area contributed by atoms with Gasteiger partial charge in [0.2, 0.25) is 0 Å². The summed E-state index contributed by atoms with van der Waals surface area (Å²) < 4.78 is 13.5. The molecule has 1 aromatic carbocycles. The van der Waals surface area contributed by atoms with E-state index in [1.165, 1.54) is 0 Å². The van der Waals surface area contributed by atoms with Crippen LogP contribution in [0.5, 0.6) is 0 Å². The lowest BCUT2D eigenvalue weighted by Crippen LogP contribution is -2.30. The van der Waals surface area contributed by atoms with E-state index in [4.69, 9.17) is 11.6 Å². The highest BCUT2D eigenvalue weighted by Gasteiger charge is 2.20. The number of hydrogen-bond donors (Lipinski definition) is 0. The maximum absolute atomic E-state index is 13.5. The summed E-state index contributed by atoms with van der Waals surface area (Å²) in [6.07, 6.45) is 3.14. The molecule has 2 heterocycles. The maximum Gasteiger partial charge on any atom is 0.159 e. The molecular weight excluding hydrogens is 427 g/mol. The number of hydrogen-bond acceptors (Lipinski definition) is 6. The van der Waals surface area contributed by atoms with Crippen molar-refractivity contribution in [1.29, 1.82) is 0 Å². The van der Waals surface area contributed by atoms with Crippen LogP contribution in [-0.4, -0.2) is 54.0 Å². The monoisotopic (exact) mass is 454 g/mol. The highest BCUT2D eigenvalue weighted by molar-refractivity contribution is 6.30. The number of aryl methyl sites for hydroxylation is 2. The average molecular weight is 455 g/mol. The van der Waals surface area contributed by atoms with Gasteiger partial charge in [0, 0.05) is 54.2 Å². The van der Waals surface area contributed by atoms with E-state index in [1.807, 2.05) is 38.1 Å². The lowest BCUT2D eigenvalue weighted by atomic mass is 10.0. The van der Waals surface area contributed by atoms with Crippen LogP contribution in [0.3, 0.4) is 0 Å². The Morgan fingerprint density at radius 1 is 1.19 bits per heavy atom. The van der Waals surface area contributed by atoms with Gasteiger partial charge in [-0.05, 0) is 44.7 Å². The summed E-state index contributed by atoms with van der Waals surface area (Å²) in [6.45, 7) is 15.2. The van der Waals surface area contributed by atoms with Crippen molar-refractivity contribution in [2.75, 3.05) is 31.1 Å². The first-order chi connectivity index (χ1) is 15.4. The number of benzene rings is 1. The fraction of sp³-hybridized carbons (Fsp3) is 0.333. The number of allylic oxidation sites excluding steroid dienone is 1. The first kappa shape index (κ1) is 23.6. The van der Waals surface area contributed by atoms with Gasteiger partial charge in [-0.2, -0.15) is 0 Å². The predicted octanol–water partition coefficient (Wildman–Crippen LogP) is 5.01. The molecule has 1 aliphatic heterocycles. The Bertz CT molecular complexity index is 1030. The van der Waals surface area contributed by atoms with E-state index in [-0.39, 0.29) is 0 Å². The predicted molar refractivity (Wildman–Crippen MR) is 131 cm³/mol.